The van der Waals surface area contributed by atoms with E-state index >= 15 is 0 Å². The van der Waals surface area contributed by atoms with Crippen molar-refractivity contribution in [2.75, 3.05) is 12.3 Å². The van der Waals surface area contributed by atoms with Gasteiger partial charge in [-0.1, -0.05) is 18.9 Å². The lowest BCUT2D eigenvalue weighted by Crippen LogP contribution is -2.40. The zero-order valence-electron chi connectivity index (χ0n) is 10.4. The summed E-state index contributed by atoms with van der Waals surface area (Å²) in [5.74, 6) is -0.776. The van der Waals surface area contributed by atoms with Crippen LogP contribution in [0.1, 0.15) is 25.7 Å². The van der Waals surface area contributed by atoms with Crippen molar-refractivity contribution < 1.29 is 17.9 Å². The third-order valence-corrected chi connectivity index (χ3v) is 4.89. The summed E-state index contributed by atoms with van der Waals surface area (Å²) in [7, 11) is -3.91. The molecule has 0 saturated heterocycles. The predicted molar refractivity (Wildman–Crippen MR) is 69.4 cm³/mol. The topological polar surface area (TPSA) is 92.4 Å². The van der Waals surface area contributed by atoms with Crippen molar-refractivity contribution in [1.29, 1.82) is 0 Å². The number of nitrogens with one attached hydrogen (secondary N) is 1. The number of hydrogen-bond donors (Lipinski definition) is 3. The van der Waals surface area contributed by atoms with Gasteiger partial charge in [-0.2, -0.15) is 0 Å². The second-order valence-corrected chi connectivity index (χ2v) is 6.64. The third kappa shape index (κ3) is 3.05. The Morgan fingerprint density at radius 2 is 2.00 bits per heavy atom. The molecule has 0 aliphatic heterocycles. The lowest BCUT2D eigenvalue weighted by molar-refractivity contribution is 0.0532. The molecule has 1 saturated carbocycles. The molecule has 0 aromatic heterocycles. The molecule has 0 amide bonds. The number of para-hydroxylation sites is 1. The third-order valence-electron chi connectivity index (χ3n) is 3.43. The van der Waals surface area contributed by atoms with Crippen LogP contribution in [0.3, 0.4) is 0 Å². The number of halogens is 1. The average Bonchev–Trinajstić information content (AvgIpc) is 2.78. The molecule has 2 rings (SSSR count). The van der Waals surface area contributed by atoms with E-state index in [1.807, 2.05) is 0 Å². The highest BCUT2D eigenvalue weighted by Crippen LogP contribution is 2.29. The maximum Gasteiger partial charge on any atom is 0.242 e. The molecule has 0 unspecified atom stereocenters. The first kappa shape index (κ1) is 14.2. The van der Waals surface area contributed by atoms with E-state index in [4.69, 9.17) is 5.73 Å². The first-order chi connectivity index (χ1) is 8.84. The van der Waals surface area contributed by atoms with Crippen LogP contribution in [0.15, 0.2) is 23.1 Å². The number of nitrogen functional groups attached to an aromatic ring is 1. The van der Waals surface area contributed by atoms with E-state index in [0.29, 0.717) is 12.8 Å². The van der Waals surface area contributed by atoms with Gasteiger partial charge in [0.2, 0.25) is 10.0 Å². The van der Waals surface area contributed by atoms with Crippen molar-refractivity contribution in [3.8, 4) is 0 Å². The van der Waals surface area contributed by atoms with E-state index in [1.54, 1.807) is 0 Å². The Morgan fingerprint density at radius 3 is 2.63 bits per heavy atom. The van der Waals surface area contributed by atoms with Crippen LogP contribution in [0.5, 0.6) is 0 Å². The van der Waals surface area contributed by atoms with E-state index in [-0.39, 0.29) is 11.4 Å². The molecule has 4 N–H and O–H groups in total. The van der Waals surface area contributed by atoms with Gasteiger partial charge in [0.25, 0.3) is 0 Å². The van der Waals surface area contributed by atoms with E-state index in [2.05, 4.69) is 4.72 Å². The summed E-state index contributed by atoms with van der Waals surface area (Å²) in [4.78, 5) is -0.297. The number of sulfonamides is 1. The molecule has 1 aliphatic rings. The van der Waals surface area contributed by atoms with Crippen LogP contribution >= 0.6 is 0 Å². The minimum Gasteiger partial charge on any atom is -0.395 e. The molecule has 106 valence electrons. The quantitative estimate of drug-likeness (QED) is 0.720. The Balaban J connectivity index is 2.16. The summed E-state index contributed by atoms with van der Waals surface area (Å²) in [5.41, 5.74) is 4.02. The molecule has 1 aliphatic carbocycles. The predicted octanol–water partition coefficient (Wildman–Crippen LogP) is 0.991. The van der Waals surface area contributed by atoms with E-state index in [1.165, 1.54) is 12.1 Å². The summed E-state index contributed by atoms with van der Waals surface area (Å²) >= 11 is 0. The van der Waals surface area contributed by atoms with E-state index in [0.717, 1.165) is 18.9 Å². The summed E-state index contributed by atoms with van der Waals surface area (Å²) < 4.78 is 39.6. The SMILES string of the molecule is Nc1c(F)cccc1S(=O)(=O)NCC1(O)CCCC1. The van der Waals surface area contributed by atoms with Crippen LogP contribution < -0.4 is 10.5 Å². The largest absolute Gasteiger partial charge is 0.395 e. The minimum atomic E-state index is -3.91. The molecule has 0 atom stereocenters. The van der Waals surface area contributed by atoms with Crippen LogP contribution in [0.2, 0.25) is 0 Å². The molecule has 0 radical (unpaired) electrons. The number of nitrogens with two attached hydrogens (primary N) is 1. The van der Waals surface area contributed by atoms with E-state index < -0.39 is 27.1 Å². The molecule has 5 nitrogen and oxygen atoms in total. The van der Waals surface area contributed by atoms with Gasteiger partial charge in [0.1, 0.15) is 10.7 Å². The number of aliphatic hydroxyl groups is 1. The van der Waals surface area contributed by atoms with Crippen molar-refractivity contribution in [1.82, 2.24) is 4.72 Å². The Labute approximate surface area is 111 Å². The highest BCUT2D eigenvalue weighted by molar-refractivity contribution is 7.89. The number of benzene rings is 1. The molecule has 0 heterocycles. The fourth-order valence-electron chi connectivity index (χ4n) is 2.27. The maximum atomic E-state index is 13.3. The lowest BCUT2D eigenvalue weighted by atomic mass is 10.0. The van der Waals surface area contributed by atoms with Gasteiger partial charge >= 0.3 is 0 Å². The Hall–Kier alpha value is -1.18. The maximum absolute atomic E-state index is 13.3. The monoisotopic (exact) mass is 288 g/mol. The van der Waals surface area contributed by atoms with Gasteiger partial charge < -0.3 is 10.8 Å². The second-order valence-electron chi connectivity index (χ2n) is 4.91. The molecule has 1 fully saturated rings. The van der Waals surface area contributed by atoms with Crippen molar-refractivity contribution in [2.45, 2.75) is 36.2 Å². The fourth-order valence-corrected chi connectivity index (χ4v) is 3.53. The van der Waals surface area contributed by atoms with Gasteiger partial charge in [-0.25, -0.2) is 17.5 Å². The van der Waals surface area contributed by atoms with Crippen molar-refractivity contribution in [3.05, 3.63) is 24.0 Å². The highest BCUT2D eigenvalue weighted by atomic mass is 32.2. The molecule has 0 spiro atoms. The van der Waals surface area contributed by atoms with Gasteiger partial charge in [0.15, 0.2) is 0 Å². The van der Waals surface area contributed by atoms with Gasteiger partial charge in [-0.15, -0.1) is 0 Å². The zero-order chi connectivity index (χ0) is 14.1. The van der Waals surface area contributed by atoms with Gasteiger partial charge in [0.05, 0.1) is 11.3 Å². The van der Waals surface area contributed by atoms with Gasteiger partial charge in [0, 0.05) is 6.54 Å². The standard InChI is InChI=1S/C12H17FN2O3S/c13-9-4-3-5-10(11(9)14)19(17,18)15-8-12(16)6-1-2-7-12/h3-5,15-16H,1-2,6-8,14H2. The lowest BCUT2D eigenvalue weighted by Gasteiger charge is -2.22. The summed E-state index contributed by atoms with van der Waals surface area (Å²) in [5, 5.41) is 10.1. The van der Waals surface area contributed by atoms with Crippen molar-refractivity contribution >= 4 is 15.7 Å². The molecule has 0 bridgehead atoms. The molecular weight excluding hydrogens is 271 g/mol. The molecule has 7 heteroatoms. The Kier molecular flexibility index (Phi) is 3.80. The van der Waals surface area contributed by atoms with Gasteiger partial charge in [-0.05, 0) is 25.0 Å². The highest BCUT2D eigenvalue weighted by Gasteiger charge is 2.33. The zero-order valence-corrected chi connectivity index (χ0v) is 11.2. The molecule has 1 aromatic rings. The molecule has 1 aromatic carbocycles. The Bertz CT molecular complexity index is 568. The second kappa shape index (κ2) is 5.07. The number of hydrogen-bond acceptors (Lipinski definition) is 4. The smallest absolute Gasteiger partial charge is 0.242 e. The van der Waals surface area contributed by atoms with Gasteiger partial charge in [-0.3, -0.25) is 0 Å². The van der Waals surface area contributed by atoms with Crippen LogP contribution in [-0.2, 0) is 10.0 Å². The van der Waals surface area contributed by atoms with E-state index in [9.17, 15) is 17.9 Å². The molecule has 19 heavy (non-hydrogen) atoms. The van der Waals surface area contributed by atoms with Crippen molar-refractivity contribution in [2.24, 2.45) is 0 Å². The first-order valence-corrected chi connectivity index (χ1v) is 7.58. The van der Waals surface area contributed by atoms with Crippen LogP contribution in [0.4, 0.5) is 10.1 Å². The summed E-state index contributed by atoms with van der Waals surface area (Å²) in [6, 6.07) is 3.61. The molecular formula is C12H17FN2O3S. The number of rotatable bonds is 4. The van der Waals surface area contributed by atoms with Crippen LogP contribution in [-0.4, -0.2) is 25.7 Å². The normalized spacial score (nSPS) is 18.6. The minimum absolute atomic E-state index is 0.0781. The van der Waals surface area contributed by atoms with Crippen molar-refractivity contribution in [3.63, 3.8) is 0 Å². The summed E-state index contributed by atoms with van der Waals surface area (Å²) in [6.07, 6.45) is 2.88. The average molecular weight is 288 g/mol. The number of anilines is 1. The summed E-state index contributed by atoms with van der Waals surface area (Å²) in [6.45, 7) is -0.0781. The first-order valence-electron chi connectivity index (χ1n) is 6.10. The fraction of sp³-hybridized carbons (Fsp3) is 0.500. The Morgan fingerprint density at radius 1 is 1.37 bits per heavy atom. The van der Waals surface area contributed by atoms with Crippen LogP contribution in [0.25, 0.3) is 0 Å². The van der Waals surface area contributed by atoms with Crippen LogP contribution in [0, 0.1) is 5.82 Å².